The van der Waals surface area contributed by atoms with Crippen LogP contribution in [0.5, 0.6) is 0 Å². The van der Waals surface area contributed by atoms with E-state index >= 15 is 0 Å². The van der Waals surface area contributed by atoms with Gasteiger partial charge in [-0.05, 0) is 30.3 Å². The Morgan fingerprint density at radius 3 is 2.74 bits per heavy atom. The van der Waals surface area contributed by atoms with E-state index in [2.05, 4.69) is 4.98 Å². The number of aromatic nitrogens is 2. The molecule has 0 spiro atoms. The molecule has 5 heteroatoms. The van der Waals surface area contributed by atoms with Crippen molar-refractivity contribution in [3.8, 4) is 11.4 Å². The average molecular weight is 276 g/mol. The fourth-order valence-electron chi connectivity index (χ4n) is 2.10. The Hall–Kier alpha value is -2.07. The van der Waals surface area contributed by atoms with E-state index in [1.54, 1.807) is 18.2 Å². The molecule has 96 valence electrons. The first-order valence-corrected chi connectivity index (χ1v) is 6.11. The van der Waals surface area contributed by atoms with Crippen molar-refractivity contribution in [2.24, 2.45) is 7.05 Å². The number of anilines is 1. The Morgan fingerprint density at radius 2 is 2.00 bits per heavy atom. The van der Waals surface area contributed by atoms with Gasteiger partial charge in [-0.3, -0.25) is 0 Å². The van der Waals surface area contributed by atoms with Crippen molar-refractivity contribution in [1.82, 2.24) is 9.55 Å². The Balaban J connectivity index is 2.24. The molecule has 0 radical (unpaired) electrons. The Kier molecular flexibility index (Phi) is 2.68. The highest BCUT2D eigenvalue weighted by Crippen LogP contribution is 2.28. The molecule has 0 saturated carbocycles. The zero-order valence-electron chi connectivity index (χ0n) is 10.2. The lowest BCUT2D eigenvalue weighted by Crippen LogP contribution is -1.93. The molecule has 0 fully saturated rings. The van der Waals surface area contributed by atoms with Gasteiger partial charge in [0.1, 0.15) is 11.6 Å². The highest BCUT2D eigenvalue weighted by Gasteiger charge is 2.11. The number of hydrogen-bond acceptors (Lipinski definition) is 2. The Bertz CT molecular complexity index is 780. The zero-order chi connectivity index (χ0) is 13.6. The summed E-state index contributed by atoms with van der Waals surface area (Å²) in [5.41, 5.74) is 8.54. The Morgan fingerprint density at radius 1 is 1.21 bits per heavy atom. The van der Waals surface area contributed by atoms with Crippen molar-refractivity contribution in [2.75, 3.05) is 5.73 Å². The first kappa shape index (κ1) is 12.0. The second-order valence-electron chi connectivity index (χ2n) is 4.36. The van der Waals surface area contributed by atoms with Gasteiger partial charge in [-0.15, -0.1) is 0 Å². The van der Waals surface area contributed by atoms with Gasteiger partial charge in [-0.1, -0.05) is 11.6 Å². The van der Waals surface area contributed by atoms with Crippen LogP contribution in [0, 0.1) is 5.82 Å². The third-order valence-electron chi connectivity index (χ3n) is 3.10. The van der Waals surface area contributed by atoms with Crippen LogP contribution in [0.4, 0.5) is 10.1 Å². The first-order valence-electron chi connectivity index (χ1n) is 5.73. The Labute approximate surface area is 114 Å². The minimum absolute atomic E-state index is 0.299. The lowest BCUT2D eigenvalue weighted by atomic mass is 10.2. The number of nitrogens with zero attached hydrogens (tertiary/aromatic N) is 2. The molecular weight excluding hydrogens is 265 g/mol. The summed E-state index contributed by atoms with van der Waals surface area (Å²) in [6, 6.07) is 9.88. The number of hydrogen-bond donors (Lipinski definition) is 1. The molecular formula is C14H11ClFN3. The molecule has 3 rings (SSSR count). The van der Waals surface area contributed by atoms with Gasteiger partial charge in [0.15, 0.2) is 0 Å². The molecule has 19 heavy (non-hydrogen) atoms. The van der Waals surface area contributed by atoms with Crippen LogP contribution in [0.1, 0.15) is 0 Å². The second kappa shape index (κ2) is 4.24. The maximum Gasteiger partial charge on any atom is 0.140 e. The molecule has 2 N–H and O–H groups in total. The molecule has 0 atom stereocenters. The smallest absolute Gasteiger partial charge is 0.140 e. The van der Waals surface area contributed by atoms with Gasteiger partial charge >= 0.3 is 0 Å². The molecule has 0 unspecified atom stereocenters. The number of rotatable bonds is 1. The number of imidazole rings is 1. The summed E-state index contributed by atoms with van der Waals surface area (Å²) in [5, 5.41) is 0.482. The predicted octanol–water partition coefficient (Wildman–Crippen LogP) is 3.62. The van der Waals surface area contributed by atoms with Crippen LogP contribution in [0.3, 0.4) is 0 Å². The van der Waals surface area contributed by atoms with Gasteiger partial charge < -0.3 is 10.3 Å². The minimum Gasteiger partial charge on any atom is -0.398 e. The van der Waals surface area contributed by atoms with Gasteiger partial charge in [0.25, 0.3) is 0 Å². The van der Waals surface area contributed by atoms with Gasteiger partial charge in [0.2, 0.25) is 0 Å². The molecule has 0 bridgehead atoms. The minimum atomic E-state index is -0.299. The van der Waals surface area contributed by atoms with Crippen LogP contribution in [-0.2, 0) is 7.05 Å². The predicted molar refractivity (Wildman–Crippen MR) is 75.5 cm³/mol. The summed E-state index contributed by atoms with van der Waals surface area (Å²) < 4.78 is 15.1. The summed E-state index contributed by atoms with van der Waals surface area (Å²) in [6.07, 6.45) is 0. The van der Waals surface area contributed by atoms with E-state index in [1.165, 1.54) is 12.1 Å². The molecule has 2 aromatic carbocycles. The maximum absolute atomic E-state index is 13.2. The molecule has 0 aliphatic heterocycles. The van der Waals surface area contributed by atoms with Crippen molar-refractivity contribution in [1.29, 1.82) is 0 Å². The number of halogens is 2. The number of benzene rings is 2. The second-order valence-corrected chi connectivity index (χ2v) is 4.77. The van der Waals surface area contributed by atoms with Crippen molar-refractivity contribution >= 4 is 28.3 Å². The highest BCUT2D eigenvalue weighted by molar-refractivity contribution is 6.33. The quantitative estimate of drug-likeness (QED) is 0.690. The molecule has 3 aromatic rings. The zero-order valence-corrected chi connectivity index (χ0v) is 10.9. The summed E-state index contributed by atoms with van der Waals surface area (Å²) in [5.74, 6) is 0.426. The van der Waals surface area contributed by atoms with E-state index in [-0.39, 0.29) is 5.82 Å². The van der Waals surface area contributed by atoms with Crippen LogP contribution in [0.25, 0.3) is 22.4 Å². The number of nitrogens with two attached hydrogens (primary N) is 1. The summed E-state index contributed by atoms with van der Waals surface area (Å²) in [6.45, 7) is 0. The fraction of sp³-hybridized carbons (Fsp3) is 0.0714. The topological polar surface area (TPSA) is 43.8 Å². The van der Waals surface area contributed by atoms with Gasteiger partial charge in [-0.25, -0.2) is 9.37 Å². The number of aryl methyl sites for hydroxylation is 1. The third-order valence-corrected chi connectivity index (χ3v) is 3.43. The van der Waals surface area contributed by atoms with Gasteiger partial charge in [-0.2, -0.15) is 0 Å². The van der Waals surface area contributed by atoms with Crippen molar-refractivity contribution in [3.05, 3.63) is 47.2 Å². The van der Waals surface area contributed by atoms with E-state index in [0.29, 0.717) is 16.2 Å². The molecule has 0 amide bonds. The average Bonchev–Trinajstić information content (AvgIpc) is 2.70. The van der Waals surface area contributed by atoms with Crippen LogP contribution in [-0.4, -0.2) is 9.55 Å². The molecule has 0 aliphatic rings. The molecule has 3 nitrogen and oxygen atoms in total. The lowest BCUT2D eigenvalue weighted by Gasteiger charge is -2.04. The maximum atomic E-state index is 13.2. The van der Waals surface area contributed by atoms with E-state index < -0.39 is 0 Å². The van der Waals surface area contributed by atoms with Crippen LogP contribution < -0.4 is 5.73 Å². The van der Waals surface area contributed by atoms with Crippen LogP contribution >= 0.6 is 11.6 Å². The molecule has 1 heterocycles. The summed E-state index contributed by atoms with van der Waals surface area (Å²) >= 11 is 6.02. The van der Waals surface area contributed by atoms with E-state index in [0.717, 1.165) is 16.9 Å². The molecule has 0 saturated heterocycles. The SMILES string of the molecule is Cn1c(-c2ccc(N)c(Cl)c2)nc2cc(F)ccc21. The van der Waals surface area contributed by atoms with Crippen molar-refractivity contribution < 1.29 is 4.39 Å². The van der Waals surface area contributed by atoms with E-state index in [4.69, 9.17) is 17.3 Å². The molecule has 1 aromatic heterocycles. The van der Waals surface area contributed by atoms with Gasteiger partial charge in [0, 0.05) is 18.7 Å². The van der Waals surface area contributed by atoms with Crippen LogP contribution in [0.2, 0.25) is 5.02 Å². The van der Waals surface area contributed by atoms with E-state index in [1.807, 2.05) is 17.7 Å². The number of fused-ring (bicyclic) bond motifs is 1. The fourth-order valence-corrected chi connectivity index (χ4v) is 2.28. The number of nitrogen functional groups attached to an aromatic ring is 1. The van der Waals surface area contributed by atoms with Gasteiger partial charge in [0.05, 0.1) is 21.7 Å². The first-order chi connectivity index (χ1) is 9.06. The monoisotopic (exact) mass is 275 g/mol. The van der Waals surface area contributed by atoms with E-state index in [9.17, 15) is 4.39 Å². The van der Waals surface area contributed by atoms with Crippen LogP contribution in [0.15, 0.2) is 36.4 Å². The summed E-state index contributed by atoms with van der Waals surface area (Å²) in [7, 11) is 1.88. The lowest BCUT2D eigenvalue weighted by molar-refractivity contribution is 0.629. The van der Waals surface area contributed by atoms with Crippen molar-refractivity contribution in [3.63, 3.8) is 0 Å². The molecule has 0 aliphatic carbocycles. The largest absolute Gasteiger partial charge is 0.398 e. The standard InChI is InChI=1S/C14H11ClFN3/c1-19-13-5-3-9(16)7-12(13)18-14(19)8-2-4-11(17)10(15)6-8/h2-7H,17H2,1H3. The third kappa shape index (κ3) is 1.94. The summed E-state index contributed by atoms with van der Waals surface area (Å²) in [4.78, 5) is 4.44. The highest BCUT2D eigenvalue weighted by atomic mass is 35.5. The van der Waals surface area contributed by atoms with Crippen molar-refractivity contribution in [2.45, 2.75) is 0 Å². The normalized spacial score (nSPS) is 11.1.